The van der Waals surface area contributed by atoms with Gasteiger partial charge in [-0.25, -0.2) is 8.78 Å². The Hall–Kier alpha value is -3.78. The summed E-state index contributed by atoms with van der Waals surface area (Å²) >= 11 is 0. The van der Waals surface area contributed by atoms with Crippen LogP contribution in [0, 0.1) is 0 Å². The first-order chi connectivity index (χ1) is 17.7. The normalized spacial score (nSPS) is 14.1. The number of anilines is 1. The van der Waals surface area contributed by atoms with E-state index in [2.05, 4.69) is 22.3 Å². The van der Waals surface area contributed by atoms with Gasteiger partial charge in [0.15, 0.2) is 0 Å². The lowest BCUT2D eigenvalue weighted by molar-refractivity contribution is -0.137. The monoisotopic (exact) mass is 513 g/mol. The van der Waals surface area contributed by atoms with Crippen molar-refractivity contribution >= 4 is 12.4 Å². The Kier molecular flexibility index (Phi) is 9.36. The number of nitrogens with zero attached hydrogens (tertiary/aromatic N) is 1. The summed E-state index contributed by atoms with van der Waals surface area (Å²) in [7, 11) is 0. The van der Waals surface area contributed by atoms with Gasteiger partial charge in [-0.05, 0) is 55.1 Å². The summed E-state index contributed by atoms with van der Waals surface area (Å²) < 4.78 is 67.4. The van der Waals surface area contributed by atoms with Gasteiger partial charge >= 0.3 is 6.18 Å². The molecule has 3 aromatic rings. The summed E-state index contributed by atoms with van der Waals surface area (Å²) in [5.74, 6) is 0. The van der Waals surface area contributed by atoms with Crippen LogP contribution in [-0.2, 0) is 18.1 Å². The highest BCUT2D eigenvalue weighted by Crippen LogP contribution is 2.38. The van der Waals surface area contributed by atoms with E-state index in [-0.39, 0.29) is 18.7 Å². The van der Waals surface area contributed by atoms with E-state index in [1.54, 1.807) is 30.4 Å². The fraction of sp³-hybridized carbons (Fsp3) is 0.207. The van der Waals surface area contributed by atoms with E-state index in [1.807, 2.05) is 37.3 Å². The minimum absolute atomic E-state index is 0.0401. The zero-order valence-electron chi connectivity index (χ0n) is 20.3. The molecule has 0 amide bonds. The predicted molar refractivity (Wildman–Crippen MR) is 139 cm³/mol. The highest BCUT2D eigenvalue weighted by molar-refractivity contribution is 5.48. The highest BCUT2D eigenvalue weighted by Gasteiger charge is 2.38. The molecule has 37 heavy (non-hydrogen) atoms. The van der Waals surface area contributed by atoms with E-state index in [0.29, 0.717) is 16.9 Å². The third-order valence-electron chi connectivity index (χ3n) is 5.87. The van der Waals surface area contributed by atoms with Crippen molar-refractivity contribution in [2.75, 3.05) is 12.0 Å². The Morgan fingerprint density at radius 3 is 2.30 bits per heavy atom. The van der Waals surface area contributed by atoms with Crippen LogP contribution in [0.1, 0.15) is 35.6 Å². The summed E-state index contributed by atoms with van der Waals surface area (Å²) in [6.45, 7) is 5.55. The van der Waals surface area contributed by atoms with E-state index in [1.165, 1.54) is 24.3 Å². The van der Waals surface area contributed by atoms with Gasteiger partial charge in [-0.15, -0.1) is 0 Å². The summed E-state index contributed by atoms with van der Waals surface area (Å²) in [5, 5.41) is 6.39. The number of alkyl halides is 5. The minimum atomic E-state index is -4.54. The fourth-order valence-corrected chi connectivity index (χ4v) is 4.06. The summed E-state index contributed by atoms with van der Waals surface area (Å²) in [6.07, 6.45) is -1.72. The van der Waals surface area contributed by atoms with Crippen molar-refractivity contribution in [3.8, 4) is 0 Å². The molecule has 194 valence electrons. The van der Waals surface area contributed by atoms with Gasteiger partial charge in [-0.1, -0.05) is 66.7 Å². The SMILES string of the molecule is C=N/C(=C\C=C/C)C(Cc1ccccc1)(NCNc1cccc(C(F)F)c1)c1cccc(C(F)(F)F)c1. The van der Waals surface area contributed by atoms with Gasteiger partial charge in [0.05, 0.1) is 23.5 Å². The van der Waals surface area contributed by atoms with Gasteiger partial charge in [-0.2, -0.15) is 13.2 Å². The van der Waals surface area contributed by atoms with Gasteiger partial charge in [0.25, 0.3) is 6.43 Å². The van der Waals surface area contributed by atoms with Crippen molar-refractivity contribution in [3.63, 3.8) is 0 Å². The zero-order chi connectivity index (χ0) is 26.9. The molecule has 0 saturated carbocycles. The molecule has 0 aliphatic heterocycles. The maximum absolute atomic E-state index is 13.7. The average molecular weight is 514 g/mol. The topological polar surface area (TPSA) is 36.4 Å². The lowest BCUT2D eigenvalue weighted by atomic mass is 9.80. The first kappa shape index (κ1) is 27.8. The predicted octanol–water partition coefficient (Wildman–Crippen LogP) is 7.90. The molecule has 0 aliphatic carbocycles. The number of benzene rings is 3. The Labute approximate surface area is 213 Å². The quantitative estimate of drug-likeness (QED) is 0.118. The number of hydrogen-bond acceptors (Lipinski definition) is 3. The van der Waals surface area contributed by atoms with Crippen LogP contribution in [0.25, 0.3) is 0 Å². The molecular formula is C29H28F5N3. The maximum Gasteiger partial charge on any atom is 0.416 e. The molecule has 0 aromatic heterocycles. The molecule has 3 rings (SSSR count). The van der Waals surface area contributed by atoms with Gasteiger partial charge in [0, 0.05) is 17.7 Å². The molecular weight excluding hydrogens is 485 g/mol. The molecule has 0 spiro atoms. The van der Waals surface area contributed by atoms with Gasteiger partial charge < -0.3 is 5.32 Å². The lowest BCUT2D eigenvalue weighted by Crippen LogP contribution is -2.48. The van der Waals surface area contributed by atoms with E-state index >= 15 is 0 Å². The molecule has 1 unspecified atom stereocenters. The number of nitrogens with one attached hydrogen (secondary N) is 2. The van der Waals surface area contributed by atoms with Crippen molar-refractivity contribution in [2.24, 2.45) is 4.99 Å². The Morgan fingerprint density at radius 1 is 0.946 bits per heavy atom. The number of rotatable bonds is 11. The van der Waals surface area contributed by atoms with Gasteiger partial charge in [0.2, 0.25) is 0 Å². The lowest BCUT2D eigenvalue weighted by Gasteiger charge is -2.37. The Morgan fingerprint density at radius 2 is 1.65 bits per heavy atom. The second-order valence-corrected chi connectivity index (χ2v) is 8.34. The molecule has 2 N–H and O–H groups in total. The molecule has 0 fully saturated rings. The zero-order valence-corrected chi connectivity index (χ0v) is 20.3. The van der Waals surface area contributed by atoms with Crippen LogP contribution < -0.4 is 10.6 Å². The molecule has 0 aliphatic rings. The highest BCUT2D eigenvalue weighted by atomic mass is 19.4. The van der Waals surface area contributed by atoms with Crippen LogP contribution in [0.5, 0.6) is 0 Å². The number of hydrogen-bond donors (Lipinski definition) is 2. The molecule has 0 heterocycles. The van der Waals surface area contributed by atoms with Gasteiger partial charge in [0.1, 0.15) is 0 Å². The standard InChI is InChI=1S/C29H28F5N3/c1-3-4-16-26(35-2)28(19-21-10-6-5-7-11-21,23-13-9-14-24(18-23)29(32,33)34)37-20-36-25-15-8-12-22(17-25)27(30)31/h3-18,27,36-37H,2,19-20H2,1H3/b4-3-,26-16-. The third-order valence-corrected chi connectivity index (χ3v) is 5.87. The second kappa shape index (κ2) is 12.5. The first-order valence-electron chi connectivity index (χ1n) is 11.6. The molecule has 1 atom stereocenters. The molecule has 0 saturated heterocycles. The average Bonchev–Trinajstić information content (AvgIpc) is 2.89. The Balaban J connectivity index is 2.12. The van der Waals surface area contributed by atoms with Crippen LogP contribution in [0.4, 0.5) is 27.6 Å². The molecule has 8 heteroatoms. The fourth-order valence-electron chi connectivity index (χ4n) is 4.06. The third kappa shape index (κ3) is 7.13. The molecule has 3 nitrogen and oxygen atoms in total. The molecule has 0 bridgehead atoms. The summed E-state index contributed by atoms with van der Waals surface area (Å²) in [4.78, 5) is 4.21. The van der Waals surface area contributed by atoms with E-state index in [0.717, 1.165) is 17.7 Å². The largest absolute Gasteiger partial charge is 0.416 e. The van der Waals surface area contributed by atoms with Crippen LogP contribution >= 0.6 is 0 Å². The summed E-state index contributed by atoms with van der Waals surface area (Å²) in [5.41, 5.74) is -0.155. The maximum atomic E-state index is 13.7. The number of halogens is 5. The van der Waals surface area contributed by atoms with Crippen molar-refractivity contribution in [3.05, 3.63) is 125 Å². The van der Waals surface area contributed by atoms with E-state index < -0.39 is 23.7 Å². The van der Waals surface area contributed by atoms with Crippen LogP contribution in [0.3, 0.4) is 0 Å². The van der Waals surface area contributed by atoms with Crippen LogP contribution in [-0.4, -0.2) is 13.4 Å². The summed E-state index contributed by atoms with van der Waals surface area (Å²) in [6, 6.07) is 20.2. The van der Waals surface area contributed by atoms with E-state index in [4.69, 9.17) is 0 Å². The van der Waals surface area contributed by atoms with E-state index in [9.17, 15) is 22.0 Å². The smallest absolute Gasteiger partial charge is 0.372 e. The van der Waals surface area contributed by atoms with Crippen molar-refractivity contribution in [1.82, 2.24) is 5.32 Å². The number of allylic oxidation sites excluding steroid dienone is 3. The van der Waals surface area contributed by atoms with Gasteiger partial charge in [-0.3, -0.25) is 10.3 Å². The van der Waals surface area contributed by atoms with Crippen molar-refractivity contribution < 1.29 is 22.0 Å². The Bertz CT molecular complexity index is 1240. The first-order valence-corrected chi connectivity index (χ1v) is 11.6. The number of aliphatic imine (C=N–C) groups is 1. The minimum Gasteiger partial charge on any atom is -0.372 e. The van der Waals surface area contributed by atoms with Crippen LogP contribution in [0.2, 0.25) is 0 Å². The molecule has 3 aromatic carbocycles. The van der Waals surface area contributed by atoms with Crippen LogP contribution in [0.15, 0.2) is 108 Å². The van der Waals surface area contributed by atoms with Crippen molar-refractivity contribution in [2.45, 2.75) is 31.5 Å². The van der Waals surface area contributed by atoms with Crippen molar-refractivity contribution in [1.29, 1.82) is 0 Å². The second-order valence-electron chi connectivity index (χ2n) is 8.34. The molecule has 0 radical (unpaired) electrons.